The van der Waals surface area contributed by atoms with Gasteiger partial charge in [-0.1, -0.05) is 18.2 Å². The third kappa shape index (κ3) is 3.58. The Hall–Kier alpha value is -3.79. The summed E-state index contributed by atoms with van der Waals surface area (Å²) in [5.74, 6) is -0.102. The van der Waals surface area contributed by atoms with Crippen molar-refractivity contribution in [2.24, 2.45) is 0 Å². The Morgan fingerprint density at radius 1 is 1.25 bits per heavy atom. The number of imidazole rings is 1. The lowest BCUT2D eigenvalue weighted by Gasteiger charge is -2.19. The van der Waals surface area contributed by atoms with Crippen molar-refractivity contribution in [2.45, 2.75) is 31.4 Å². The number of benzene rings is 2. The van der Waals surface area contributed by atoms with Gasteiger partial charge in [-0.25, -0.2) is 4.98 Å². The molecule has 1 aromatic heterocycles. The smallest absolute Gasteiger partial charge is 0.271 e. The molecule has 3 aromatic rings. The number of fused-ring (bicyclic) bond motifs is 3. The van der Waals surface area contributed by atoms with E-state index < -0.39 is 16.9 Å². The number of nitro benzene ring substituents is 1. The summed E-state index contributed by atoms with van der Waals surface area (Å²) in [4.78, 5) is 42.9. The van der Waals surface area contributed by atoms with Gasteiger partial charge in [0.1, 0.15) is 6.04 Å². The molecule has 32 heavy (non-hydrogen) atoms. The van der Waals surface area contributed by atoms with Gasteiger partial charge in [0.05, 0.1) is 35.0 Å². The Bertz CT molecular complexity index is 1220. The molecule has 1 saturated heterocycles. The van der Waals surface area contributed by atoms with E-state index in [1.54, 1.807) is 15.5 Å². The van der Waals surface area contributed by atoms with Crippen molar-refractivity contribution in [2.75, 3.05) is 23.4 Å². The maximum atomic E-state index is 13.3. The standard InChI is InChI=1S/C22H21N5O5/c28-20(23-14-5-3-6-15(11-14)27(30)31)12-19-21(29)25(13-16-7-4-10-32-16)22-24-17-8-1-2-9-18(17)26(19)22/h1-3,5-6,8-9,11,16,19H,4,7,10,12-13H2,(H,23,28). The fraction of sp³-hybridized carbons (Fsp3) is 0.318. The van der Waals surface area contributed by atoms with Crippen LogP contribution in [0.2, 0.25) is 0 Å². The fourth-order valence-electron chi connectivity index (χ4n) is 4.35. The van der Waals surface area contributed by atoms with Crippen molar-refractivity contribution in [3.63, 3.8) is 0 Å². The molecule has 3 heterocycles. The number of rotatable bonds is 6. The molecule has 2 atom stereocenters. The van der Waals surface area contributed by atoms with E-state index in [1.165, 1.54) is 18.2 Å². The van der Waals surface area contributed by atoms with E-state index in [4.69, 9.17) is 4.74 Å². The Labute approximate surface area is 182 Å². The third-order valence-corrected chi connectivity index (χ3v) is 5.81. The van der Waals surface area contributed by atoms with E-state index in [2.05, 4.69) is 10.3 Å². The number of hydrogen-bond donors (Lipinski definition) is 1. The van der Waals surface area contributed by atoms with Crippen LogP contribution in [0.25, 0.3) is 11.0 Å². The van der Waals surface area contributed by atoms with Crippen LogP contribution in [0.1, 0.15) is 25.3 Å². The largest absolute Gasteiger partial charge is 0.376 e. The summed E-state index contributed by atoms with van der Waals surface area (Å²) in [5, 5.41) is 13.7. The van der Waals surface area contributed by atoms with Gasteiger partial charge in [-0.05, 0) is 31.0 Å². The van der Waals surface area contributed by atoms with Crippen LogP contribution >= 0.6 is 0 Å². The Morgan fingerprint density at radius 3 is 2.88 bits per heavy atom. The number of para-hydroxylation sites is 2. The van der Waals surface area contributed by atoms with Gasteiger partial charge >= 0.3 is 0 Å². The number of anilines is 2. The maximum Gasteiger partial charge on any atom is 0.271 e. The van der Waals surface area contributed by atoms with Crippen molar-refractivity contribution in [3.05, 3.63) is 58.6 Å². The highest BCUT2D eigenvalue weighted by Gasteiger charge is 2.42. The first-order valence-electron chi connectivity index (χ1n) is 10.5. The van der Waals surface area contributed by atoms with Crippen molar-refractivity contribution >= 4 is 40.2 Å². The third-order valence-electron chi connectivity index (χ3n) is 5.81. The van der Waals surface area contributed by atoms with Crippen LogP contribution in [0.4, 0.5) is 17.3 Å². The number of ether oxygens (including phenoxy) is 1. The zero-order valence-electron chi connectivity index (χ0n) is 17.1. The van der Waals surface area contributed by atoms with Gasteiger partial charge in [0, 0.05) is 24.4 Å². The number of nitrogens with zero attached hydrogens (tertiary/aromatic N) is 4. The summed E-state index contributed by atoms with van der Waals surface area (Å²) in [6.07, 6.45) is 1.67. The summed E-state index contributed by atoms with van der Waals surface area (Å²) < 4.78 is 7.52. The van der Waals surface area contributed by atoms with E-state index >= 15 is 0 Å². The van der Waals surface area contributed by atoms with Crippen LogP contribution in [-0.2, 0) is 14.3 Å². The molecule has 1 N–H and O–H groups in total. The van der Waals surface area contributed by atoms with Crippen molar-refractivity contribution in [3.8, 4) is 0 Å². The molecule has 2 aromatic carbocycles. The molecular weight excluding hydrogens is 414 g/mol. The number of amides is 2. The lowest BCUT2D eigenvalue weighted by atomic mass is 10.1. The van der Waals surface area contributed by atoms with Crippen molar-refractivity contribution < 1.29 is 19.2 Å². The topological polar surface area (TPSA) is 120 Å². The number of nitro groups is 1. The molecule has 0 saturated carbocycles. The predicted octanol–water partition coefficient (Wildman–Crippen LogP) is 3.04. The Morgan fingerprint density at radius 2 is 2.09 bits per heavy atom. The molecule has 10 heteroatoms. The van der Waals surface area contributed by atoms with Crippen LogP contribution < -0.4 is 10.2 Å². The zero-order chi connectivity index (χ0) is 22.2. The summed E-state index contributed by atoms with van der Waals surface area (Å²) in [5.41, 5.74) is 1.71. The SMILES string of the molecule is O=C(CC1C(=O)N(CC2CCCO2)c2nc3ccccc3n21)Nc1cccc([N+](=O)[O-])c1. The van der Waals surface area contributed by atoms with E-state index in [1.807, 2.05) is 24.3 Å². The molecule has 0 aliphatic carbocycles. The van der Waals surface area contributed by atoms with E-state index in [9.17, 15) is 19.7 Å². The first kappa shape index (κ1) is 20.1. The lowest BCUT2D eigenvalue weighted by Crippen LogP contribution is -2.37. The second kappa shape index (κ2) is 8.04. The number of non-ortho nitro benzene ring substituents is 1. The molecule has 2 aliphatic heterocycles. The van der Waals surface area contributed by atoms with Crippen molar-refractivity contribution in [1.82, 2.24) is 9.55 Å². The predicted molar refractivity (Wildman–Crippen MR) is 116 cm³/mol. The van der Waals surface area contributed by atoms with Gasteiger partial charge < -0.3 is 10.1 Å². The molecule has 2 amide bonds. The number of hydrogen-bond acceptors (Lipinski definition) is 6. The van der Waals surface area contributed by atoms with Crippen LogP contribution in [0.5, 0.6) is 0 Å². The monoisotopic (exact) mass is 435 g/mol. The van der Waals surface area contributed by atoms with E-state index in [-0.39, 0.29) is 24.1 Å². The zero-order valence-corrected chi connectivity index (χ0v) is 17.1. The van der Waals surface area contributed by atoms with Crippen LogP contribution in [-0.4, -0.2) is 45.5 Å². The second-order valence-corrected chi connectivity index (χ2v) is 7.93. The average Bonchev–Trinajstić information content (AvgIpc) is 3.48. The summed E-state index contributed by atoms with van der Waals surface area (Å²) in [6, 6.07) is 12.4. The number of aromatic nitrogens is 2. The number of carbonyl (C=O) groups excluding carboxylic acids is 2. The van der Waals surface area contributed by atoms with Crippen LogP contribution in [0.15, 0.2) is 48.5 Å². The molecular formula is C22H21N5O5. The molecule has 0 spiro atoms. The minimum absolute atomic E-state index is 0.0512. The molecule has 164 valence electrons. The Kier molecular flexibility index (Phi) is 5.06. The summed E-state index contributed by atoms with van der Waals surface area (Å²) in [6.45, 7) is 1.07. The quantitative estimate of drug-likeness (QED) is 0.469. The highest BCUT2D eigenvalue weighted by atomic mass is 16.6. The molecule has 5 rings (SSSR count). The normalized spacial score (nSPS) is 20.0. The fourth-order valence-corrected chi connectivity index (χ4v) is 4.35. The first-order valence-corrected chi connectivity index (χ1v) is 10.5. The van der Waals surface area contributed by atoms with Gasteiger partial charge in [-0.15, -0.1) is 0 Å². The van der Waals surface area contributed by atoms with Crippen LogP contribution in [0, 0.1) is 10.1 Å². The lowest BCUT2D eigenvalue weighted by molar-refractivity contribution is -0.384. The maximum absolute atomic E-state index is 13.3. The average molecular weight is 435 g/mol. The van der Waals surface area contributed by atoms with Gasteiger partial charge in [-0.2, -0.15) is 0 Å². The minimum Gasteiger partial charge on any atom is -0.376 e. The molecule has 1 fully saturated rings. The number of nitrogens with one attached hydrogen (secondary N) is 1. The van der Waals surface area contributed by atoms with Gasteiger partial charge in [-0.3, -0.25) is 29.2 Å². The summed E-state index contributed by atoms with van der Waals surface area (Å²) in [7, 11) is 0. The van der Waals surface area contributed by atoms with E-state index in [0.29, 0.717) is 24.8 Å². The minimum atomic E-state index is -0.752. The van der Waals surface area contributed by atoms with E-state index in [0.717, 1.165) is 23.9 Å². The second-order valence-electron chi connectivity index (χ2n) is 7.93. The highest BCUT2D eigenvalue weighted by Crippen LogP contribution is 2.37. The molecule has 10 nitrogen and oxygen atoms in total. The Balaban J connectivity index is 1.42. The van der Waals surface area contributed by atoms with Gasteiger partial charge in [0.2, 0.25) is 11.9 Å². The summed E-state index contributed by atoms with van der Waals surface area (Å²) >= 11 is 0. The molecule has 2 aliphatic rings. The van der Waals surface area contributed by atoms with Crippen LogP contribution in [0.3, 0.4) is 0 Å². The van der Waals surface area contributed by atoms with Gasteiger partial charge in [0.15, 0.2) is 0 Å². The van der Waals surface area contributed by atoms with Gasteiger partial charge in [0.25, 0.3) is 11.6 Å². The highest BCUT2D eigenvalue weighted by molar-refractivity contribution is 6.05. The molecule has 0 radical (unpaired) electrons. The first-order chi connectivity index (χ1) is 15.5. The molecule has 2 unspecified atom stereocenters. The number of carbonyl (C=O) groups is 2. The van der Waals surface area contributed by atoms with Crippen molar-refractivity contribution in [1.29, 1.82) is 0 Å². The molecule has 0 bridgehead atoms.